The zero-order valence-corrected chi connectivity index (χ0v) is 17.6. The highest BCUT2D eigenvalue weighted by Gasteiger charge is 2.30. The van der Waals surface area contributed by atoms with Crippen molar-refractivity contribution >= 4 is 17.9 Å². The topological polar surface area (TPSA) is 114 Å². The van der Waals surface area contributed by atoms with Gasteiger partial charge in [-0.15, -0.1) is 0 Å². The molecule has 0 unspecified atom stereocenters. The zero-order chi connectivity index (χ0) is 21.2. The summed E-state index contributed by atoms with van der Waals surface area (Å²) in [7, 11) is 1.44. The fraction of sp³-hybridized carbons (Fsp3) is 0.737. The van der Waals surface area contributed by atoms with Crippen LogP contribution in [0, 0.1) is 5.92 Å². The number of alkyl carbamates (subject to hydrolysis) is 1. The van der Waals surface area contributed by atoms with Crippen molar-refractivity contribution in [1.29, 1.82) is 0 Å². The Morgan fingerprint density at radius 2 is 1.74 bits per heavy atom. The van der Waals surface area contributed by atoms with Gasteiger partial charge in [-0.2, -0.15) is 0 Å². The van der Waals surface area contributed by atoms with Crippen LogP contribution < -0.4 is 16.5 Å². The van der Waals surface area contributed by atoms with Crippen LogP contribution in [0.1, 0.15) is 60.3 Å². The monoisotopic (exact) mass is 384 g/mol. The fourth-order valence-corrected chi connectivity index (χ4v) is 2.17. The van der Waals surface area contributed by atoms with Crippen LogP contribution in [0.25, 0.3) is 0 Å². The van der Waals surface area contributed by atoms with Crippen molar-refractivity contribution in [2.45, 2.75) is 71.9 Å². The van der Waals surface area contributed by atoms with Crippen LogP contribution in [-0.2, 0) is 14.3 Å². The molecule has 1 atom stereocenters. The average Bonchev–Trinajstić information content (AvgIpc) is 2.53. The molecular weight excluding hydrogens is 348 g/mol. The fourth-order valence-electron chi connectivity index (χ4n) is 2.17. The third-order valence-electron chi connectivity index (χ3n) is 3.75. The van der Waals surface area contributed by atoms with E-state index < -0.39 is 23.6 Å². The number of hydrogen-bond acceptors (Lipinski definition) is 5. The van der Waals surface area contributed by atoms with Gasteiger partial charge in [0.2, 0.25) is 5.91 Å². The largest absolute Gasteiger partial charge is 0.444 e. The van der Waals surface area contributed by atoms with E-state index in [1.165, 1.54) is 7.05 Å². The number of hydrazine groups is 1. The molecule has 8 heteroatoms. The van der Waals surface area contributed by atoms with Crippen LogP contribution in [0.3, 0.4) is 0 Å². The van der Waals surface area contributed by atoms with Gasteiger partial charge >= 0.3 is 6.09 Å². The second-order valence-corrected chi connectivity index (χ2v) is 7.84. The quantitative estimate of drug-likeness (QED) is 0.320. The molecule has 27 heavy (non-hydrogen) atoms. The average molecular weight is 385 g/mol. The van der Waals surface area contributed by atoms with Crippen LogP contribution in [0.2, 0.25) is 0 Å². The summed E-state index contributed by atoms with van der Waals surface area (Å²) in [5, 5.41) is 3.64. The van der Waals surface area contributed by atoms with Crippen molar-refractivity contribution < 1.29 is 19.1 Å². The standard InChI is InChI=1S/C19H36N4O4/c1-13(2)14(3)16(21-18(26)27-19(4,5)6)17(25)23(7)22-15(24)11-9-8-10-12-20/h13,16H,3,8-12,20H2,1-2,4-7H3,(H,21,26)(H,22,24)/t16-/m0/s1. The summed E-state index contributed by atoms with van der Waals surface area (Å²) in [5.41, 5.74) is 7.79. The van der Waals surface area contributed by atoms with Gasteiger partial charge in [-0.3, -0.25) is 20.0 Å². The lowest BCUT2D eigenvalue weighted by atomic mass is 9.97. The molecule has 0 radical (unpaired) electrons. The molecule has 0 aromatic heterocycles. The number of carbonyl (C=O) groups excluding carboxylic acids is 3. The second kappa shape index (κ2) is 11.6. The molecule has 0 saturated carbocycles. The molecule has 0 rings (SSSR count). The summed E-state index contributed by atoms with van der Waals surface area (Å²) in [5.74, 6) is -0.807. The van der Waals surface area contributed by atoms with Crippen molar-refractivity contribution in [3.8, 4) is 0 Å². The highest BCUT2D eigenvalue weighted by molar-refractivity contribution is 5.90. The third-order valence-corrected chi connectivity index (χ3v) is 3.75. The van der Waals surface area contributed by atoms with Gasteiger partial charge in [0.1, 0.15) is 11.6 Å². The number of amides is 3. The Bertz CT molecular complexity index is 526. The summed E-state index contributed by atoms with van der Waals surface area (Å²) in [4.78, 5) is 36.9. The molecule has 0 heterocycles. The molecule has 0 fully saturated rings. The van der Waals surface area contributed by atoms with Crippen LogP contribution >= 0.6 is 0 Å². The Morgan fingerprint density at radius 3 is 2.22 bits per heavy atom. The van der Waals surface area contributed by atoms with Crippen LogP contribution in [0.15, 0.2) is 12.2 Å². The smallest absolute Gasteiger partial charge is 0.408 e. The van der Waals surface area contributed by atoms with Crippen molar-refractivity contribution in [3.63, 3.8) is 0 Å². The van der Waals surface area contributed by atoms with Gasteiger partial charge in [-0.05, 0) is 51.6 Å². The number of ether oxygens (including phenoxy) is 1. The minimum Gasteiger partial charge on any atom is -0.444 e. The number of likely N-dealkylation sites (N-methyl/N-ethyl adjacent to an activating group) is 1. The van der Waals surface area contributed by atoms with E-state index in [0.29, 0.717) is 25.0 Å². The Hall–Kier alpha value is -2.09. The molecule has 8 nitrogen and oxygen atoms in total. The molecule has 0 aromatic carbocycles. The van der Waals surface area contributed by atoms with Crippen LogP contribution in [-0.4, -0.2) is 48.2 Å². The van der Waals surface area contributed by atoms with E-state index in [2.05, 4.69) is 17.3 Å². The molecule has 156 valence electrons. The van der Waals surface area contributed by atoms with Gasteiger partial charge in [0.05, 0.1) is 0 Å². The van der Waals surface area contributed by atoms with E-state index in [4.69, 9.17) is 10.5 Å². The van der Waals surface area contributed by atoms with Gasteiger partial charge < -0.3 is 15.8 Å². The van der Waals surface area contributed by atoms with E-state index in [9.17, 15) is 14.4 Å². The SMILES string of the molecule is C=C(C(C)C)[C@H](NC(=O)OC(C)(C)C)C(=O)N(C)NC(=O)CCCCCN. The summed E-state index contributed by atoms with van der Waals surface area (Å²) in [6.07, 6.45) is 1.99. The first-order valence-corrected chi connectivity index (χ1v) is 9.34. The predicted molar refractivity (Wildman–Crippen MR) is 106 cm³/mol. The van der Waals surface area contributed by atoms with Crippen LogP contribution in [0.4, 0.5) is 4.79 Å². The third kappa shape index (κ3) is 10.6. The van der Waals surface area contributed by atoms with Crippen molar-refractivity contribution in [2.24, 2.45) is 11.7 Å². The molecule has 0 bridgehead atoms. The van der Waals surface area contributed by atoms with Gasteiger partial charge in [0.25, 0.3) is 5.91 Å². The first kappa shape index (κ1) is 24.9. The number of rotatable bonds is 9. The van der Waals surface area contributed by atoms with E-state index in [1.54, 1.807) is 20.8 Å². The van der Waals surface area contributed by atoms with Crippen molar-refractivity contribution in [1.82, 2.24) is 15.8 Å². The molecule has 0 aromatic rings. The molecule has 0 aliphatic rings. The number of unbranched alkanes of at least 4 members (excludes halogenated alkanes) is 2. The minimum absolute atomic E-state index is 0.0470. The number of hydrogen-bond donors (Lipinski definition) is 3. The molecule has 0 aliphatic carbocycles. The maximum absolute atomic E-state index is 12.8. The maximum Gasteiger partial charge on any atom is 0.408 e. The number of nitrogens with two attached hydrogens (primary N) is 1. The number of nitrogens with one attached hydrogen (secondary N) is 2. The lowest BCUT2D eigenvalue weighted by Crippen LogP contribution is -2.54. The minimum atomic E-state index is -0.998. The highest BCUT2D eigenvalue weighted by atomic mass is 16.6. The summed E-state index contributed by atoms with van der Waals surface area (Å²) >= 11 is 0. The van der Waals surface area contributed by atoms with Crippen molar-refractivity contribution in [3.05, 3.63) is 12.2 Å². The lowest BCUT2D eigenvalue weighted by molar-refractivity contribution is -0.140. The molecule has 0 aliphatic heterocycles. The normalized spacial score (nSPS) is 12.3. The van der Waals surface area contributed by atoms with E-state index in [-0.39, 0.29) is 11.8 Å². The van der Waals surface area contributed by atoms with E-state index in [0.717, 1.165) is 17.9 Å². The maximum atomic E-state index is 12.8. The zero-order valence-electron chi connectivity index (χ0n) is 17.6. The van der Waals surface area contributed by atoms with Gasteiger partial charge in [0, 0.05) is 13.5 Å². The summed E-state index contributed by atoms with van der Waals surface area (Å²) in [6, 6.07) is -0.998. The molecule has 0 saturated heterocycles. The first-order valence-electron chi connectivity index (χ1n) is 9.34. The first-order chi connectivity index (χ1) is 12.4. The van der Waals surface area contributed by atoms with Crippen molar-refractivity contribution in [2.75, 3.05) is 13.6 Å². The summed E-state index contributed by atoms with van der Waals surface area (Å²) in [6.45, 7) is 13.4. The Morgan fingerprint density at radius 1 is 1.15 bits per heavy atom. The Kier molecular flexibility index (Phi) is 10.7. The Labute approximate surface area is 162 Å². The van der Waals surface area contributed by atoms with E-state index in [1.807, 2.05) is 13.8 Å². The molecule has 3 amide bonds. The van der Waals surface area contributed by atoms with Gasteiger partial charge in [0.15, 0.2) is 0 Å². The second-order valence-electron chi connectivity index (χ2n) is 7.84. The predicted octanol–water partition coefficient (Wildman–Crippen LogP) is 2.10. The highest BCUT2D eigenvalue weighted by Crippen LogP contribution is 2.15. The van der Waals surface area contributed by atoms with E-state index >= 15 is 0 Å². The van der Waals surface area contributed by atoms with Gasteiger partial charge in [-0.25, -0.2) is 4.79 Å². The molecular formula is C19H36N4O4. The lowest BCUT2D eigenvalue weighted by Gasteiger charge is -2.29. The Balaban J connectivity index is 4.94. The molecule has 4 N–H and O–H groups in total. The van der Waals surface area contributed by atoms with Crippen LogP contribution in [0.5, 0.6) is 0 Å². The van der Waals surface area contributed by atoms with Gasteiger partial charge in [-0.1, -0.05) is 26.8 Å². The molecule has 0 spiro atoms. The summed E-state index contributed by atoms with van der Waals surface area (Å²) < 4.78 is 5.23. The number of nitrogens with zero attached hydrogens (tertiary/aromatic N) is 1. The number of carbonyl (C=O) groups is 3.